The van der Waals surface area contributed by atoms with Gasteiger partial charge in [-0.3, -0.25) is 24.0 Å². The number of aromatic nitrogens is 3. The molecule has 0 saturated heterocycles. The van der Waals surface area contributed by atoms with Crippen LogP contribution in [-0.4, -0.2) is 39.0 Å². The number of hydrogen-bond donors (Lipinski definition) is 3. The van der Waals surface area contributed by atoms with Crippen LogP contribution in [0.25, 0.3) is 11.1 Å². The predicted octanol–water partition coefficient (Wildman–Crippen LogP) is 3.87. The molecular weight excluding hydrogens is 594 g/mol. The number of fused-ring (bicyclic) bond motifs is 1. The predicted molar refractivity (Wildman–Crippen MR) is 142 cm³/mol. The summed E-state index contributed by atoms with van der Waals surface area (Å²) in [5, 5.41) is 8.40. The Morgan fingerprint density at radius 1 is 1.07 bits per heavy atom. The molecule has 3 heterocycles. The number of nitrogens with two attached hydrogens (primary N) is 1. The number of carbonyl (C=O) groups is 3. The van der Waals surface area contributed by atoms with Gasteiger partial charge in [0.25, 0.3) is 11.8 Å². The number of rotatable bonds is 8. The topological polar surface area (TPSA) is 132 Å². The standard InChI is InChI=1S/C29H22F6N6O3/c30-16-8-15(9-17(31)11-16)21(12-22-18(2-1-6-37-22)14-3-4-20(32)19(10-14)27(36)43)39-24(42)13-41-23-5-7-38-28(44)25(23)26(40-41)29(33,34)35/h1-4,6,8-11,21H,5,7,12-13H2,(H2,36,43)(H,38,44)(H,39,42). The number of primary amides is 1. The molecule has 0 aliphatic carbocycles. The lowest BCUT2D eigenvalue weighted by atomic mass is 9.95. The molecule has 5 rings (SSSR count). The van der Waals surface area contributed by atoms with Crippen molar-refractivity contribution in [3.05, 3.63) is 106 Å². The zero-order chi connectivity index (χ0) is 31.8. The number of hydrogen-bond acceptors (Lipinski definition) is 5. The lowest BCUT2D eigenvalue weighted by Gasteiger charge is -2.21. The maximum Gasteiger partial charge on any atom is 0.435 e. The quantitative estimate of drug-likeness (QED) is 0.259. The minimum atomic E-state index is -4.97. The fraction of sp³-hybridized carbons (Fsp3) is 0.207. The number of pyridine rings is 1. The zero-order valence-electron chi connectivity index (χ0n) is 22.5. The second-order valence-electron chi connectivity index (χ2n) is 9.92. The highest BCUT2D eigenvalue weighted by Gasteiger charge is 2.42. The molecule has 44 heavy (non-hydrogen) atoms. The number of benzene rings is 2. The Morgan fingerprint density at radius 3 is 2.48 bits per heavy atom. The van der Waals surface area contributed by atoms with Gasteiger partial charge in [-0.2, -0.15) is 18.3 Å². The van der Waals surface area contributed by atoms with Crippen molar-refractivity contribution >= 4 is 17.7 Å². The molecular formula is C29H22F6N6O3. The van der Waals surface area contributed by atoms with Crippen LogP contribution < -0.4 is 16.4 Å². The molecule has 2 aromatic heterocycles. The van der Waals surface area contributed by atoms with E-state index in [2.05, 4.69) is 20.7 Å². The molecule has 2 aromatic carbocycles. The highest BCUT2D eigenvalue weighted by atomic mass is 19.4. The molecule has 228 valence electrons. The SMILES string of the molecule is NC(=O)c1cc(-c2cccnc2CC(NC(=O)Cn2nc(C(F)(F)F)c3c2CCNC3=O)c2cc(F)cc(F)c2)ccc1F. The summed E-state index contributed by atoms with van der Waals surface area (Å²) in [6.07, 6.45) is -3.77. The average Bonchev–Trinajstić information content (AvgIpc) is 3.33. The summed E-state index contributed by atoms with van der Waals surface area (Å²) < 4.78 is 84.3. The van der Waals surface area contributed by atoms with Crippen LogP contribution in [0.2, 0.25) is 0 Å². The largest absolute Gasteiger partial charge is 0.435 e. The molecule has 1 atom stereocenters. The Hall–Kier alpha value is -5.21. The van der Waals surface area contributed by atoms with E-state index in [4.69, 9.17) is 5.73 Å². The number of halogens is 6. The zero-order valence-corrected chi connectivity index (χ0v) is 22.5. The van der Waals surface area contributed by atoms with Crippen LogP contribution in [0.1, 0.15) is 49.4 Å². The van der Waals surface area contributed by atoms with Crippen LogP contribution in [-0.2, 0) is 30.4 Å². The Balaban J connectivity index is 1.50. The molecule has 0 bridgehead atoms. The van der Waals surface area contributed by atoms with Crippen molar-refractivity contribution in [3.63, 3.8) is 0 Å². The number of amides is 3. The van der Waals surface area contributed by atoms with Crippen molar-refractivity contribution in [2.75, 3.05) is 6.54 Å². The van der Waals surface area contributed by atoms with Gasteiger partial charge in [-0.1, -0.05) is 12.1 Å². The fourth-order valence-corrected chi connectivity index (χ4v) is 5.04. The highest BCUT2D eigenvalue weighted by Crippen LogP contribution is 2.34. The van der Waals surface area contributed by atoms with Crippen molar-refractivity contribution in [3.8, 4) is 11.1 Å². The molecule has 0 fully saturated rings. The van der Waals surface area contributed by atoms with Gasteiger partial charge in [-0.15, -0.1) is 0 Å². The summed E-state index contributed by atoms with van der Waals surface area (Å²) in [5.74, 6) is -5.61. The molecule has 4 N–H and O–H groups in total. The molecule has 1 aliphatic rings. The van der Waals surface area contributed by atoms with E-state index in [1.54, 1.807) is 12.1 Å². The molecule has 0 spiro atoms. The molecule has 1 aliphatic heterocycles. The number of carbonyl (C=O) groups excluding carboxylic acids is 3. The first kappa shape index (κ1) is 30.3. The van der Waals surface area contributed by atoms with Gasteiger partial charge < -0.3 is 16.4 Å². The van der Waals surface area contributed by atoms with Crippen molar-refractivity contribution in [1.29, 1.82) is 0 Å². The van der Waals surface area contributed by atoms with Crippen molar-refractivity contribution in [1.82, 2.24) is 25.4 Å². The van der Waals surface area contributed by atoms with Gasteiger partial charge in [-0.05, 0) is 41.5 Å². The first-order valence-corrected chi connectivity index (χ1v) is 13.1. The molecule has 0 radical (unpaired) electrons. The van der Waals surface area contributed by atoms with Gasteiger partial charge in [0.05, 0.1) is 28.6 Å². The molecule has 1 unspecified atom stereocenters. The first-order valence-electron chi connectivity index (χ1n) is 13.1. The molecule has 0 saturated carbocycles. The summed E-state index contributed by atoms with van der Waals surface area (Å²) in [7, 11) is 0. The first-order chi connectivity index (χ1) is 20.8. The Bertz CT molecular complexity index is 1770. The maximum atomic E-state index is 14.2. The molecule has 3 amide bonds. The summed E-state index contributed by atoms with van der Waals surface area (Å²) in [6, 6.07) is 8.15. The van der Waals surface area contributed by atoms with Crippen molar-refractivity contribution in [2.45, 2.75) is 31.6 Å². The van der Waals surface area contributed by atoms with Crippen molar-refractivity contribution < 1.29 is 40.7 Å². The summed E-state index contributed by atoms with van der Waals surface area (Å²) in [5.41, 5.74) is 3.65. The monoisotopic (exact) mass is 616 g/mol. The van der Waals surface area contributed by atoms with E-state index < -0.39 is 65.2 Å². The number of alkyl halides is 3. The van der Waals surface area contributed by atoms with Crippen LogP contribution in [0.5, 0.6) is 0 Å². The van der Waals surface area contributed by atoms with E-state index in [0.29, 0.717) is 17.2 Å². The van der Waals surface area contributed by atoms with E-state index in [1.165, 1.54) is 18.3 Å². The summed E-state index contributed by atoms with van der Waals surface area (Å²) in [6.45, 7) is -0.708. The van der Waals surface area contributed by atoms with Gasteiger partial charge in [-0.25, -0.2) is 13.2 Å². The van der Waals surface area contributed by atoms with E-state index in [1.807, 2.05) is 0 Å². The van der Waals surface area contributed by atoms with Gasteiger partial charge in [0, 0.05) is 37.2 Å². The van der Waals surface area contributed by atoms with Crippen LogP contribution in [0, 0.1) is 17.5 Å². The van der Waals surface area contributed by atoms with Crippen molar-refractivity contribution in [2.24, 2.45) is 5.73 Å². The Morgan fingerprint density at radius 2 is 1.80 bits per heavy atom. The molecule has 4 aromatic rings. The Labute approximate surface area is 245 Å². The van der Waals surface area contributed by atoms with E-state index in [-0.39, 0.29) is 41.9 Å². The summed E-state index contributed by atoms with van der Waals surface area (Å²) in [4.78, 5) is 41.5. The number of nitrogens with one attached hydrogen (secondary N) is 2. The van der Waals surface area contributed by atoms with Crippen LogP contribution >= 0.6 is 0 Å². The average molecular weight is 617 g/mol. The molecule has 15 heteroatoms. The van der Waals surface area contributed by atoms with Gasteiger partial charge in [0.1, 0.15) is 24.0 Å². The van der Waals surface area contributed by atoms with Crippen LogP contribution in [0.15, 0.2) is 54.7 Å². The van der Waals surface area contributed by atoms with Gasteiger partial charge >= 0.3 is 6.18 Å². The fourth-order valence-electron chi connectivity index (χ4n) is 5.04. The smallest absolute Gasteiger partial charge is 0.366 e. The van der Waals surface area contributed by atoms with E-state index >= 15 is 0 Å². The van der Waals surface area contributed by atoms with Crippen LogP contribution in [0.3, 0.4) is 0 Å². The van der Waals surface area contributed by atoms with Gasteiger partial charge in [0.15, 0.2) is 5.69 Å². The summed E-state index contributed by atoms with van der Waals surface area (Å²) >= 11 is 0. The lowest BCUT2D eigenvalue weighted by molar-refractivity contribution is -0.142. The minimum Gasteiger partial charge on any atom is -0.366 e. The number of nitrogens with zero attached hydrogens (tertiary/aromatic N) is 3. The lowest BCUT2D eigenvalue weighted by Crippen LogP contribution is -2.36. The third kappa shape index (κ3) is 6.26. The van der Waals surface area contributed by atoms with E-state index in [9.17, 15) is 40.7 Å². The second kappa shape index (κ2) is 11.8. The third-order valence-corrected chi connectivity index (χ3v) is 6.95. The maximum absolute atomic E-state index is 14.2. The highest BCUT2D eigenvalue weighted by molar-refractivity contribution is 5.98. The minimum absolute atomic E-state index is 0.0156. The van der Waals surface area contributed by atoms with E-state index in [0.717, 1.165) is 22.9 Å². The third-order valence-electron chi connectivity index (χ3n) is 6.95. The van der Waals surface area contributed by atoms with Crippen LogP contribution in [0.4, 0.5) is 26.3 Å². The van der Waals surface area contributed by atoms with Gasteiger partial charge in [0.2, 0.25) is 5.91 Å². The normalized spacial score (nSPS) is 13.6. The molecule has 9 nitrogen and oxygen atoms in total. The Kier molecular flexibility index (Phi) is 8.13. The second-order valence-corrected chi connectivity index (χ2v) is 9.92.